The number of hydrogen-bond acceptors (Lipinski definition) is 3. The van der Waals surface area contributed by atoms with Crippen LogP contribution < -0.4 is 5.32 Å². The van der Waals surface area contributed by atoms with Gasteiger partial charge in [0.05, 0.1) is 0 Å². The van der Waals surface area contributed by atoms with Gasteiger partial charge < -0.3 is 9.84 Å². The number of aryl methyl sites for hydroxylation is 2. The predicted molar refractivity (Wildman–Crippen MR) is 73.8 cm³/mol. The molecule has 0 radical (unpaired) electrons. The highest BCUT2D eigenvalue weighted by Gasteiger charge is 2.08. The zero-order valence-corrected chi connectivity index (χ0v) is 11.0. The number of carbonyl (C=O) groups excluding carboxylic acids is 1. The molecule has 0 saturated heterocycles. The van der Waals surface area contributed by atoms with E-state index in [1.807, 2.05) is 31.2 Å². The summed E-state index contributed by atoms with van der Waals surface area (Å²) in [7, 11) is 0. The molecule has 0 spiro atoms. The summed E-state index contributed by atoms with van der Waals surface area (Å²) in [5.74, 6) is 0.394. The van der Waals surface area contributed by atoms with Crippen molar-refractivity contribution in [3.63, 3.8) is 0 Å². The molecule has 1 amide bonds. The molecular weight excluding hydrogens is 240 g/mol. The second kappa shape index (κ2) is 6.00. The second-order valence-electron chi connectivity index (χ2n) is 4.35. The molecule has 0 bridgehead atoms. The minimum atomic E-state index is -0.231. The van der Waals surface area contributed by atoms with Crippen molar-refractivity contribution in [2.75, 3.05) is 6.54 Å². The highest BCUT2D eigenvalue weighted by molar-refractivity contribution is 5.92. The Morgan fingerprint density at radius 3 is 2.68 bits per heavy atom. The van der Waals surface area contributed by atoms with E-state index in [2.05, 4.69) is 22.6 Å². The lowest BCUT2D eigenvalue weighted by atomic mass is 10.1. The smallest absolute Gasteiger partial charge is 0.273 e. The van der Waals surface area contributed by atoms with Crippen LogP contribution in [0.2, 0.25) is 0 Å². The van der Waals surface area contributed by atoms with E-state index in [-0.39, 0.29) is 5.91 Å². The Morgan fingerprint density at radius 1 is 1.32 bits per heavy atom. The maximum atomic E-state index is 11.6. The topological polar surface area (TPSA) is 55.1 Å². The number of amides is 1. The SMILES string of the molecule is Cc1ccc(/C=C/CNC(=O)c2cc(C)on2)cc1. The van der Waals surface area contributed by atoms with Gasteiger partial charge in [-0.3, -0.25) is 4.79 Å². The predicted octanol–water partition coefficient (Wildman–Crippen LogP) is 2.73. The highest BCUT2D eigenvalue weighted by Crippen LogP contribution is 2.04. The molecule has 1 aromatic carbocycles. The van der Waals surface area contributed by atoms with Crippen molar-refractivity contribution in [3.8, 4) is 0 Å². The van der Waals surface area contributed by atoms with E-state index in [9.17, 15) is 4.79 Å². The summed E-state index contributed by atoms with van der Waals surface area (Å²) in [5, 5.41) is 6.40. The van der Waals surface area contributed by atoms with Crippen LogP contribution in [-0.2, 0) is 0 Å². The fourth-order valence-electron chi connectivity index (χ4n) is 1.59. The molecule has 0 atom stereocenters. The average Bonchev–Trinajstić information content (AvgIpc) is 2.83. The first-order chi connectivity index (χ1) is 9.15. The summed E-state index contributed by atoms with van der Waals surface area (Å²) in [6.07, 6.45) is 3.86. The maximum Gasteiger partial charge on any atom is 0.273 e. The van der Waals surface area contributed by atoms with Crippen LogP contribution in [-0.4, -0.2) is 17.6 Å². The minimum absolute atomic E-state index is 0.231. The minimum Gasteiger partial charge on any atom is -0.361 e. The number of nitrogens with one attached hydrogen (secondary N) is 1. The third kappa shape index (κ3) is 3.81. The Hall–Kier alpha value is -2.36. The van der Waals surface area contributed by atoms with Gasteiger partial charge in [0.1, 0.15) is 5.76 Å². The quantitative estimate of drug-likeness (QED) is 0.915. The first-order valence-corrected chi connectivity index (χ1v) is 6.10. The van der Waals surface area contributed by atoms with E-state index in [1.54, 1.807) is 13.0 Å². The molecule has 0 aliphatic heterocycles. The number of nitrogens with zero attached hydrogens (tertiary/aromatic N) is 1. The largest absolute Gasteiger partial charge is 0.361 e. The Balaban J connectivity index is 1.83. The molecule has 0 saturated carbocycles. The van der Waals surface area contributed by atoms with Crippen molar-refractivity contribution in [1.29, 1.82) is 0 Å². The van der Waals surface area contributed by atoms with Crippen LogP contribution in [0.1, 0.15) is 27.4 Å². The summed E-state index contributed by atoms with van der Waals surface area (Å²) in [5.41, 5.74) is 2.64. The van der Waals surface area contributed by atoms with Crippen molar-refractivity contribution in [2.45, 2.75) is 13.8 Å². The summed E-state index contributed by atoms with van der Waals surface area (Å²) in [6, 6.07) is 9.79. The van der Waals surface area contributed by atoms with Crippen molar-refractivity contribution in [2.24, 2.45) is 0 Å². The number of rotatable bonds is 4. The molecule has 4 heteroatoms. The molecular formula is C15H16N2O2. The van der Waals surface area contributed by atoms with Crippen LogP contribution in [0, 0.1) is 13.8 Å². The van der Waals surface area contributed by atoms with Gasteiger partial charge in [-0.15, -0.1) is 0 Å². The van der Waals surface area contributed by atoms with Crippen molar-refractivity contribution < 1.29 is 9.32 Å². The normalized spacial score (nSPS) is 10.8. The van der Waals surface area contributed by atoms with Gasteiger partial charge in [0, 0.05) is 12.6 Å². The number of benzene rings is 1. The lowest BCUT2D eigenvalue weighted by molar-refractivity contribution is 0.0949. The van der Waals surface area contributed by atoms with Crippen molar-refractivity contribution in [1.82, 2.24) is 10.5 Å². The van der Waals surface area contributed by atoms with Gasteiger partial charge in [0.2, 0.25) is 0 Å². The Bertz CT molecular complexity index is 582. The van der Waals surface area contributed by atoms with E-state index < -0.39 is 0 Å². The molecule has 4 nitrogen and oxygen atoms in total. The van der Waals surface area contributed by atoms with Gasteiger partial charge in [-0.1, -0.05) is 47.1 Å². The number of hydrogen-bond donors (Lipinski definition) is 1. The van der Waals surface area contributed by atoms with Crippen molar-refractivity contribution in [3.05, 3.63) is 59.0 Å². The fourth-order valence-corrected chi connectivity index (χ4v) is 1.59. The van der Waals surface area contributed by atoms with Gasteiger partial charge in [0.25, 0.3) is 5.91 Å². The van der Waals surface area contributed by atoms with Crippen LogP contribution in [0.25, 0.3) is 6.08 Å². The molecule has 0 unspecified atom stereocenters. The van der Waals surface area contributed by atoms with Gasteiger partial charge in [-0.05, 0) is 19.4 Å². The van der Waals surface area contributed by atoms with Crippen LogP contribution in [0.5, 0.6) is 0 Å². The summed E-state index contributed by atoms with van der Waals surface area (Å²) < 4.78 is 4.84. The third-order valence-corrected chi connectivity index (χ3v) is 2.63. The molecule has 0 aliphatic carbocycles. The molecule has 1 aromatic heterocycles. The standard InChI is InChI=1S/C15H16N2O2/c1-11-5-7-13(8-6-11)4-3-9-16-15(18)14-10-12(2)19-17-14/h3-8,10H,9H2,1-2H3,(H,16,18)/b4-3+. The van der Waals surface area contributed by atoms with Crippen LogP contribution in [0.4, 0.5) is 0 Å². The third-order valence-electron chi connectivity index (χ3n) is 2.63. The summed E-state index contributed by atoms with van der Waals surface area (Å²) >= 11 is 0. The van der Waals surface area contributed by atoms with E-state index >= 15 is 0 Å². The zero-order chi connectivity index (χ0) is 13.7. The molecule has 0 aliphatic rings. The van der Waals surface area contributed by atoms with Gasteiger partial charge >= 0.3 is 0 Å². The lowest BCUT2D eigenvalue weighted by Crippen LogP contribution is -2.23. The monoisotopic (exact) mass is 256 g/mol. The van der Waals surface area contributed by atoms with Gasteiger partial charge in [-0.2, -0.15) is 0 Å². The molecule has 19 heavy (non-hydrogen) atoms. The van der Waals surface area contributed by atoms with Crippen LogP contribution in [0.15, 0.2) is 40.9 Å². The Kier molecular flexibility index (Phi) is 4.13. The Labute approximate surface area is 112 Å². The lowest BCUT2D eigenvalue weighted by Gasteiger charge is -1.98. The van der Waals surface area contributed by atoms with Crippen molar-refractivity contribution >= 4 is 12.0 Å². The van der Waals surface area contributed by atoms with E-state index in [0.717, 1.165) is 5.56 Å². The van der Waals surface area contributed by atoms with E-state index in [1.165, 1.54) is 5.56 Å². The van der Waals surface area contributed by atoms with Gasteiger partial charge in [0.15, 0.2) is 5.69 Å². The highest BCUT2D eigenvalue weighted by atomic mass is 16.5. The molecule has 2 rings (SSSR count). The molecule has 0 fully saturated rings. The zero-order valence-electron chi connectivity index (χ0n) is 11.0. The molecule has 1 heterocycles. The summed E-state index contributed by atoms with van der Waals surface area (Å²) in [6.45, 7) is 4.26. The molecule has 1 N–H and O–H groups in total. The maximum absolute atomic E-state index is 11.6. The first kappa shape index (κ1) is 13.1. The van der Waals surface area contributed by atoms with Crippen LogP contribution >= 0.6 is 0 Å². The average molecular weight is 256 g/mol. The van der Waals surface area contributed by atoms with E-state index in [0.29, 0.717) is 18.0 Å². The summed E-state index contributed by atoms with van der Waals surface area (Å²) in [4.78, 5) is 11.6. The van der Waals surface area contributed by atoms with E-state index in [4.69, 9.17) is 4.52 Å². The van der Waals surface area contributed by atoms with Crippen LogP contribution in [0.3, 0.4) is 0 Å². The number of aromatic nitrogens is 1. The number of carbonyl (C=O) groups is 1. The first-order valence-electron chi connectivity index (χ1n) is 6.10. The molecule has 98 valence electrons. The molecule has 2 aromatic rings. The fraction of sp³-hybridized carbons (Fsp3) is 0.200. The Morgan fingerprint density at radius 2 is 2.05 bits per heavy atom. The second-order valence-corrected chi connectivity index (χ2v) is 4.35. The van der Waals surface area contributed by atoms with Gasteiger partial charge in [-0.25, -0.2) is 0 Å².